The van der Waals surface area contributed by atoms with Gasteiger partial charge in [0, 0.05) is 12.6 Å². The number of rotatable bonds is 5. The Morgan fingerprint density at radius 1 is 0.882 bits per heavy atom. The van der Waals surface area contributed by atoms with Gasteiger partial charge in [0.05, 0.1) is 28.5 Å². The van der Waals surface area contributed by atoms with E-state index < -0.39 is 0 Å². The van der Waals surface area contributed by atoms with Crippen LogP contribution in [0.1, 0.15) is 49.6 Å². The fraction of sp³-hybridized carbons (Fsp3) is 0.115. The van der Waals surface area contributed by atoms with Crippen LogP contribution in [0.3, 0.4) is 0 Å². The molecule has 0 aliphatic carbocycles. The van der Waals surface area contributed by atoms with Crippen LogP contribution in [0.2, 0.25) is 0 Å². The van der Waals surface area contributed by atoms with Crippen molar-refractivity contribution in [2.24, 2.45) is 0 Å². The molecule has 1 aromatic heterocycles. The molecule has 1 aliphatic rings. The summed E-state index contributed by atoms with van der Waals surface area (Å²) in [6, 6.07) is 20.8. The Kier molecular flexibility index (Phi) is 5.25. The van der Waals surface area contributed by atoms with Crippen molar-refractivity contribution in [3.63, 3.8) is 0 Å². The lowest BCUT2D eigenvalue weighted by molar-refractivity contribution is 0.0741. The summed E-state index contributed by atoms with van der Waals surface area (Å²) in [7, 11) is 1.73. The average Bonchev–Trinajstić information content (AvgIpc) is 3.50. The molecule has 0 spiro atoms. The molecule has 0 saturated carbocycles. The second-order valence-corrected chi connectivity index (χ2v) is 8.07. The van der Waals surface area contributed by atoms with Gasteiger partial charge in [0.1, 0.15) is 12.7 Å². The van der Waals surface area contributed by atoms with E-state index in [4.69, 9.17) is 0 Å². The Morgan fingerprint density at radius 2 is 1.56 bits per heavy atom. The molecule has 8 nitrogen and oxygen atoms in total. The van der Waals surface area contributed by atoms with Gasteiger partial charge in [0.25, 0.3) is 17.7 Å². The molecule has 0 radical (unpaired) electrons. The lowest BCUT2D eigenvalue weighted by Crippen LogP contribution is -2.31. The maximum Gasteiger partial charge on any atom is 0.266 e. The molecule has 0 unspecified atom stereocenters. The number of amides is 3. The van der Waals surface area contributed by atoms with Crippen molar-refractivity contribution >= 4 is 23.4 Å². The minimum atomic E-state index is -0.389. The molecule has 168 valence electrons. The monoisotopic (exact) mass is 451 g/mol. The topological polar surface area (TPSA) is 88.4 Å². The molecule has 4 aromatic rings. The number of fused-ring (bicyclic) bond motifs is 1. The third-order valence-corrected chi connectivity index (χ3v) is 6.11. The molecule has 5 rings (SSSR count). The van der Waals surface area contributed by atoms with Crippen LogP contribution in [-0.4, -0.2) is 44.4 Å². The lowest BCUT2D eigenvalue weighted by atomic mass is 10.1. The molecule has 2 heterocycles. The number of aromatic nitrogens is 3. The predicted octanol–water partition coefficient (Wildman–Crippen LogP) is 3.90. The third kappa shape index (κ3) is 3.55. The smallest absolute Gasteiger partial charge is 0.266 e. The number of hydrogen-bond donors (Lipinski definition) is 0. The quantitative estimate of drug-likeness (QED) is 0.430. The molecule has 0 N–H and O–H groups in total. The van der Waals surface area contributed by atoms with E-state index in [1.54, 1.807) is 71.5 Å². The second-order valence-electron chi connectivity index (χ2n) is 8.07. The number of imide groups is 1. The third-order valence-electron chi connectivity index (χ3n) is 6.11. The van der Waals surface area contributed by atoms with Crippen molar-refractivity contribution in [3.05, 3.63) is 108 Å². The van der Waals surface area contributed by atoms with Crippen molar-refractivity contribution in [2.75, 3.05) is 11.9 Å². The molecule has 0 fully saturated rings. The number of benzene rings is 3. The molecule has 0 saturated heterocycles. The zero-order chi connectivity index (χ0) is 23.8. The Morgan fingerprint density at radius 3 is 2.18 bits per heavy atom. The Balaban J connectivity index is 1.36. The first-order valence-corrected chi connectivity index (χ1v) is 10.8. The summed E-state index contributed by atoms with van der Waals surface area (Å²) < 4.78 is 1.66. The first-order chi connectivity index (χ1) is 16.5. The fourth-order valence-corrected chi connectivity index (χ4v) is 4.05. The molecule has 3 aromatic carbocycles. The van der Waals surface area contributed by atoms with E-state index in [-0.39, 0.29) is 23.8 Å². The highest BCUT2D eigenvalue weighted by Crippen LogP contribution is 2.29. The number of hydrogen-bond acceptors (Lipinski definition) is 5. The minimum Gasteiger partial charge on any atom is -0.335 e. The van der Waals surface area contributed by atoms with E-state index in [1.807, 2.05) is 31.2 Å². The van der Waals surface area contributed by atoms with E-state index in [0.29, 0.717) is 22.4 Å². The van der Waals surface area contributed by atoms with Crippen LogP contribution in [0.25, 0.3) is 5.69 Å². The highest BCUT2D eigenvalue weighted by molar-refractivity contribution is 6.34. The molecular formula is C26H21N5O3. The van der Waals surface area contributed by atoms with Gasteiger partial charge in [-0.05, 0) is 55.0 Å². The van der Waals surface area contributed by atoms with E-state index in [1.165, 1.54) is 6.33 Å². The Bertz CT molecular complexity index is 1360. The highest BCUT2D eigenvalue weighted by Gasteiger charge is 2.36. The molecule has 0 bridgehead atoms. The van der Waals surface area contributed by atoms with Crippen LogP contribution in [0.5, 0.6) is 0 Å². The molecular weight excluding hydrogens is 430 g/mol. The summed E-state index contributed by atoms with van der Waals surface area (Å²) in [5.74, 6) is -0.995. The van der Waals surface area contributed by atoms with Crippen molar-refractivity contribution in [1.29, 1.82) is 0 Å². The summed E-state index contributed by atoms with van der Waals surface area (Å²) in [6.45, 7) is 1.94. The van der Waals surface area contributed by atoms with E-state index in [9.17, 15) is 14.4 Å². The highest BCUT2D eigenvalue weighted by atomic mass is 16.2. The number of carbonyl (C=O) groups excluding carboxylic acids is 3. The maximum absolute atomic E-state index is 13.3. The van der Waals surface area contributed by atoms with Crippen LogP contribution >= 0.6 is 0 Å². The van der Waals surface area contributed by atoms with E-state index in [0.717, 1.165) is 16.2 Å². The minimum absolute atomic E-state index is 0.208. The van der Waals surface area contributed by atoms with E-state index >= 15 is 0 Å². The van der Waals surface area contributed by atoms with Gasteiger partial charge in [-0.25, -0.2) is 14.6 Å². The van der Waals surface area contributed by atoms with E-state index in [2.05, 4.69) is 10.1 Å². The van der Waals surface area contributed by atoms with Crippen molar-refractivity contribution in [1.82, 2.24) is 19.7 Å². The lowest BCUT2D eigenvalue weighted by Gasteiger charge is -2.26. The Labute approximate surface area is 196 Å². The summed E-state index contributed by atoms with van der Waals surface area (Å²) in [4.78, 5) is 45.6. The van der Waals surface area contributed by atoms with Crippen molar-refractivity contribution in [3.8, 4) is 5.69 Å². The van der Waals surface area contributed by atoms with Crippen LogP contribution in [0, 0.1) is 0 Å². The number of carbonyl (C=O) groups is 3. The van der Waals surface area contributed by atoms with Crippen molar-refractivity contribution in [2.45, 2.75) is 13.0 Å². The number of anilines is 1. The van der Waals surface area contributed by atoms with Crippen LogP contribution in [-0.2, 0) is 0 Å². The molecule has 3 amide bonds. The standard InChI is InChI=1S/C26H21N5O3/c1-17(18-10-12-20(13-11-18)30-16-27-15-28-30)29(2)24(32)19-6-5-7-21(14-19)31-25(33)22-8-3-4-9-23(22)26(31)34/h3-17H,1-2H3/t17-/m1/s1. The zero-order valence-corrected chi connectivity index (χ0v) is 18.6. The van der Waals surface area contributed by atoms with Gasteiger partial charge in [-0.3, -0.25) is 14.4 Å². The van der Waals surface area contributed by atoms with Crippen LogP contribution in [0.4, 0.5) is 5.69 Å². The second kappa shape index (κ2) is 8.40. The summed E-state index contributed by atoms with van der Waals surface area (Å²) >= 11 is 0. The van der Waals surface area contributed by atoms with Gasteiger partial charge < -0.3 is 4.90 Å². The number of nitrogens with zero attached hydrogens (tertiary/aromatic N) is 5. The fourth-order valence-electron chi connectivity index (χ4n) is 4.05. The first-order valence-electron chi connectivity index (χ1n) is 10.8. The van der Waals surface area contributed by atoms with Gasteiger partial charge in [0.15, 0.2) is 0 Å². The zero-order valence-electron chi connectivity index (χ0n) is 18.6. The normalized spacial score (nSPS) is 13.6. The summed E-state index contributed by atoms with van der Waals surface area (Å²) in [5, 5.41) is 4.12. The van der Waals surface area contributed by atoms with Gasteiger partial charge in [-0.2, -0.15) is 5.10 Å². The predicted molar refractivity (Wildman–Crippen MR) is 126 cm³/mol. The first kappa shape index (κ1) is 21.3. The Hall–Kier alpha value is -4.59. The van der Waals surface area contributed by atoms with Gasteiger partial charge in [-0.1, -0.05) is 30.3 Å². The van der Waals surface area contributed by atoms with Crippen LogP contribution < -0.4 is 4.90 Å². The van der Waals surface area contributed by atoms with Gasteiger partial charge in [-0.15, -0.1) is 0 Å². The SMILES string of the molecule is C[C@H](c1ccc(-n2cncn2)cc1)N(C)C(=O)c1cccc(N2C(=O)c3ccccc3C2=O)c1. The average molecular weight is 451 g/mol. The summed E-state index contributed by atoms with van der Waals surface area (Å²) in [6.07, 6.45) is 3.09. The maximum atomic E-state index is 13.3. The van der Waals surface area contributed by atoms with Gasteiger partial charge in [0.2, 0.25) is 0 Å². The van der Waals surface area contributed by atoms with Crippen molar-refractivity contribution < 1.29 is 14.4 Å². The summed E-state index contributed by atoms with van der Waals surface area (Å²) in [5.41, 5.74) is 3.32. The largest absolute Gasteiger partial charge is 0.335 e. The van der Waals surface area contributed by atoms with Gasteiger partial charge >= 0.3 is 0 Å². The molecule has 1 atom stereocenters. The molecule has 1 aliphatic heterocycles. The van der Waals surface area contributed by atoms with Crippen LogP contribution in [0.15, 0.2) is 85.5 Å². The molecule has 34 heavy (non-hydrogen) atoms. The molecule has 8 heteroatoms.